The van der Waals surface area contributed by atoms with E-state index in [1.165, 1.54) is 12.1 Å². The van der Waals surface area contributed by atoms with Crippen LogP contribution < -0.4 is 0 Å². The van der Waals surface area contributed by atoms with Crippen LogP contribution in [-0.2, 0) is 4.79 Å². The van der Waals surface area contributed by atoms with Crippen LogP contribution >= 0.6 is 0 Å². The van der Waals surface area contributed by atoms with Gasteiger partial charge in [0.2, 0.25) is 0 Å². The summed E-state index contributed by atoms with van der Waals surface area (Å²) in [5.41, 5.74) is 4.89. The number of rotatable bonds is 5. The van der Waals surface area contributed by atoms with Crippen molar-refractivity contribution in [3.8, 4) is 11.3 Å². The van der Waals surface area contributed by atoms with E-state index in [0.29, 0.717) is 22.7 Å². The predicted octanol–water partition coefficient (Wildman–Crippen LogP) is 5.75. The van der Waals surface area contributed by atoms with E-state index >= 15 is 0 Å². The van der Waals surface area contributed by atoms with Crippen molar-refractivity contribution in [1.82, 2.24) is 4.98 Å². The first-order valence-corrected chi connectivity index (χ1v) is 8.57. The minimum atomic E-state index is -0.328. The van der Waals surface area contributed by atoms with Crippen LogP contribution in [0.4, 0.5) is 4.39 Å². The highest BCUT2D eigenvalue weighted by Gasteiger charge is 2.08. The van der Waals surface area contributed by atoms with Crippen molar-refractivity contribution in [3.63, 3.8) is 0 Å². The topological polar surface area (TPSA) is 30.0 Å². The van der Waals surface area contributed by atoms with Gasteiger partial charge in [-0.05, 0) is 47.4 Å². The van der Waals surface area contributed by atoms with Gasteiger partial charge >= 0.3 is 0 Å². The summed E-state index contributed by atoms with van der Waals surface area (Å²) in [6.45, 7) is 4.25. The highest BCUT2D eigenvalue weighted by atomic mass is 19.1. The molecule has 130 valence electrons. The largest absolute Gasteiger partial charge is 0.298 e. The molecule has 0 amide bonds. The molecule has 0 aliphatic rings. The lowest BCUT2D eigenvalue weighted by atomic mass is 9.99. The van der Waals surface area contributed by atoms with Crippen molar-refractivity contribution >= 4 is 17.9 Å². The number of nitrogens with zero attached hydrogens (tertiary/aromatic N) is 1. The molecule has 0 saturated carbocycles. The van der Waals surface area contributed by atoms with Gasteiger partial charge in [0.25, 0.3) is 0 Å². The Balaban J connectivity index is 2.09. The summed E-state index contributed by atoms with van der Waals surface area (Å²) in [7, 11) is 0. The quantitative estimate of drug-likeness (QED) is 0.435. The summed E-state index contributed by atoms with van der Waals surface area (Å²) in [6, 6.07) is 19.9. The lowest BCUT2D eigenvalue weighted by molar-refractivity contribution is -0.103. The Labute approximate surface area is 153 Å². The summed E-state index contributed by atoms with van der Waals surface area (Å²) in [4.78, 5) is 16.3. The number of hydrogen-bond donors (Lipinski definition) is 0. The Morgan fingerprint density at radius 2 is 1.69 bits per heavy atom. The summed E-state index contributed by atoms with van der Waals surface area (Å²) in [5.74, 6) is 0.00316. The van der Waals surface area contributed by atoms with Crippen molar-refractivity contribution in [2.24, 2.45) is 0 Å². The van der Waals surface area contributed by atoms with Crippen LogP contribution in [0, 0.1) is 5.82 Å². The second kappa shape index (κ2) is 7.87. The average molecular weight is 345 g/mol. The standard InChI is InChI=1S/C23H20FNO/c1-16(2)19-12-22(25-23(14-19)18-6-4-3-5-7-18)13-20(15-26)17-8-10-21(24)11-9-17/h3-16H,1-2H3. The lowest BCUT2D eigenvalue weighted by Crippen LogP contribution is -1.96. The van der Waals surface area contributed by atoms with Gasteiger partial charge in [-0.25, -0.2) is 9.37 Å². The van der Waals surface area contributed by atoms with Gasteiger partial charge in [-0.1, -0.05) is 56.3 Å². The molecule has 0 unspecified atom stereocenters. The van der Waals surface area contributed by atoms with Crippen molar-refractivity contribution in [2.45, 2.75) is 19.8 Å². The first-order chi connectivity index (χ1) is 12.6. The summed E-state index contributed by atoms with van der Waals surface area (Å²) >= 11 is 0. The van der Waals surface area contributed by atoms with Gasteiger partial charge in [0, 0.05) is 11.1 Å². The van der Waals surface area contributed by atoms with E-state index in [1.807, 2.05) is 36.4 Å². The zero-order valence-corrected chi connectivity index (χ0v) is 14.8. The Morgan fingerprint density at radius 1 is 1.00 bits per heavy atom. The third kappa shape index (κ3) is 4.12. The second-order valence-electron chi connectivity index (χ2n) is 6.46. The summed E-state index contributed by atoms with van der Waals surface area (Å²) in [6.07, 6.45) is 2.53. The van der Waals surface area contributed by atoms with Crippen molar-refractivity contribution in [3.05, 3.63) is 89.4 Å². The first-order valence-electron chi connectivity index (χ1n) is 8.57. The average Bonchev–Trinajstić information content (AvgIpc) is 2.67. The van der Waals surface area contributed by atoms with E-state index in [1.54, 1.807) is 18.2 Å². The van der Waals surface area contributed by atoms with E-state index < -0.39 is 0 Å². The van der Waals surface area contributed by atoms with Gasteiger partial charge in [0.1, 0.15) is 5.82 Å². The molecule has 0 radical (unpaired) electrons. The Bertz CT molecular complexity index is 928. The molecule has 0 atom stereocenters. The smallest absolute Gasteiger partial charge is 0.150 e. The first kappa shape index (κ1) is 17.7. The molecule has 0 aliphatic carbocycles. The number of carbonyl (C=O) groups is 1. The number of pyridine rings is 1. The number of hydrogen-bond acceptors (Lipinski definition) is 2. The molecule has 1 heterocycles. The Kier molecular flexibility index (Phi) is 5.37. The molecule has 2 aromatic carbocycles. The minimum absolute atomic E-state index is 0.328. The van der Waals surface area contributed by atoms with Crippen LogP contribution in [0.15, 0.2) is 66.7 Å². The molecule has 0 bridgehead atoms. The molecule has 3 rings (SSSR count). The fourth-order valence-corrected chi connectivity index (χ4v) is 2.73. The summed E-state index contributed by atoms with van der Waals surface area (Å²) in [5, 5.41) is 0. The molecule has 0 N–H and O–H groups in total. The maximum Gasteiger partial charge on any atom is 0.150 e. The molecule has 1 aromatic heterocycles. The van der Waals surface area contributed by atoms with Crippen LogP contribution in [0.5, 0.6) is 0 Å². The summed E-state index contributed by atoms with van der Waals surface area (Å²) < 4.78 is 13.1. The maximum absolute atomic E-state index is 13.1. The van der Waals surface area contributed by atoms with Crippen LogP contribution in [0.1, 0.15) is 36.6 Å². The molecular formula is C23H20FNO. The van der Waals surface area contributed by atoms with Crippen molar-refractivity contribution in [1.29, 1.82) is 0 Å². The van der Waals surface area contributed by atoms with Crippen molar-refractivity contribution in [2.75, 3.05) is 0 Å². The van der Waals surface area contributed by atoms with E-state index in [2.05, 4.69) is 19.9 Å². The maximum atomic E-state index is 13.1. The zero-order valence-electron chi connectivity index (χ0n) is 14.8. The van der Waals surface area contributed by atoms with Gasteiger partial charge in [0.05, 0.1) is 11.4 Å². The van der Waals surface area contributed by atoms with Crippen molar-refractivity contribution < 1.29 is 9.18 Å². The van der Waals surface area contributed by atoms with Crippen LogP contribution in [-0.4, -0.2) is 11.3 Å². The fraction of sp³-hybridized carbons (Fsp3) is 0.130. The number of carbonyl (C=O) groups excluding carboxylic acids is 1. The van der Waals surface area contributed by atoms with E-state index in [0.717, 1.165) is 23.1 Å². The highest BCUT2D eigenvalue weighted by molar-refractivity contribution is 6.13. The van der Waals surface area contributed by atoms with Gasteiger partial charge in [-0.3, -0.25) is 4.79 Å². The molecule has 3 heteroatoms. The molecular weight excluding hydrogens is 325 g/mol. The van der Waals surface area contributed by atoms with Crippen LogP contribution in [0.25, 0.3) is 22.9 Å². The fourth-order valence-electron chi connectivity index (χ4n) is 2.73. The monoisotopic (exact) mass is 345 g/mol. The van der Waals surface area contributed by atoms with Gasteiger partial charge < -0.3 is 0 Å². The minimum Gasteiger partial charge on any atom is -0.298 e. The third-order valence-corrected chi connectivity index (χ3v) is 4.21. The van der Waals surface area contributed by atoms with E-state index in [9.17, 15) is 9.18 Å². The van der Waals surface area contributed by atoms with Gasteiger partial charge in [-0.15, -0.1) is 0 Å². The number of halogens is 1. The predicted molar refractivity (Wildman–Crippen MR) is 104 cm³/mol. The van der Waals surface area contributed by atoms with E-state index in [-0.39, 0.29) is 5.82 Å². The molecule has 0 spiro atoms. The van der Waals surface area contributed by atoms with E-state index in [4.69, 9.17) is 4.98 Å². The molecule has 0 saturated heterocycles. The van der Waals surface area contributed by atoms with Gasteiger partial charge in [-0.2, -0.15) is 0 Å². The molecule has 0 fully saturated rings. The van der Waals surface area contributed by atoms with Gasteiger partial charge in [0.15, 0.2) is 6.29 Å². The third-order valence-electron chi connectivity index (χ3n) is 4.21. The Hall–Kier alpha value is -3.07. The molecule has 3 aromatic rings. The molecule has 26 heavy (non-hydrogen) atoms. The van der Waals surface area contributed by atoms with Crippen LogP contribution in [0.2, 0.25) is 0 Å². The number of benzene rings is 2. The normalized spacial score (nSPS) is 11.6. The molecule has 0 aliphatic heterocycles. The lowest BCUT2D eigenvalue weighted by Gasteiger charge is -2.11. The second-order valence-corrected chi connectivity index (χ2v) is 6.46. The zero-order chi connectivity index (χ0) is 18.5. The number of aromatic nitrogens is 1. The Morgan fingerprint density at radius 3 is 2.31 bits per heavy atom. The number of allylic oxidation sites excluding steroid dienone is 1. The number of aldehydes is 1. The SMILES string of the molecule is CC(C)c1cc(C=C(C=O)c2ccc(F)cc2)nc(-c2ccccc2)c1. The molecule has 2 nitrogen and oxygen atoms in total. The highest BCUT2D eigenvalue weighted by Crippen LogP contribution is 2.25. The van der Waals surface area contributed by atoms with Crippen LogP contribution in [0.3, 0.4) is 0 Å².